The summed E-state index contributed by atoms with van der Waals surface area (Å²) >= 11 is 5.41. The predicted octanol–water partition coefficient (Wildman–Crippen LogP) is 4.44. The highest BCUT2D eigenvalue weighted by Crippen LogP contribution is 2.27. The zero-order chi connectivity index (χ0) is 12.3. The van der Waals surface area contributed by atoms with Crippen molar-refractivity contribution >= 4 is 38.5 Å². The van der Waals surface area contributed by atoms with Crippen molar-refractivity contribution in [2.24, 2.45) is 4.99 Å². The van der Waals surface area contributed by atoms with E-state index < -0.39 is 0 Å². The van der Waals surface area contributed by atoms with E-state index in [2.05, 4.69) is 58.3 Å². The Balaban J connectivity index is 1.96. The third-order valence-corrected chi connectivity index (χ3v) is 4.78. The lowest BCUT2D eigenvalue weighted by molar-refractivity contribution is 0.754. The Bertz CT molecular complexity index is 431. The van der Waals surface area contributed by atoms with Gasteiger partial charge in [-0.3, -0.25) is 4.99 Å². The van der Waals surface area contributed by atoms with Crippen molar-refractivity contribution in [2.75, 3.05) is 11.9 Å². The molecule has 0 aliphatic carbocycles. The monoisotopic (exact) mass is 312 g/mol. The molecule has 1 aliphatic rings. The molecule has 1 aromatic carbocycles. The maximum atomic E-state index is 4.54. The van der Waals surface area contributed by atoms with Crippen molar-refractivity contribution in [2.45, 2.75) is 31.9 Å². The topological polar surface area (TPSA) is 24.4 Å². The summed E-state index contributed by atoms with van der Waals surface area (Å²) in [7, 11) is 0. The molecule has 17 heavy (non-hydrogen) atoms. The van der Waals surface area contributed by atoms with Gasteiger partial charge in [0.2, 0.25) is 0 Å². The van der Waals surface area contributed by atoms with Gasteiger partial charge in [0.15, 0.2) is 5.17 Å². The lowest BCUT2D eigenvalue weighted by Gasteiger charge is -2.09. The summed E-state index contributed by atoms with van der Waals surface area (Å²) in [4.78, 5) is 4.54. The van der Waals surface area contributed by atoms with Crippen LogP contribution < -0.4 is 5.32 Å². The number of nitrogens with one attached hydrogen (secondary N) is 1. The molecule has 1 aliphatic heterocycles. The fraction of sp³-hybridized carbons (Fsp3) is 0.462. The fourth-order valence-electron chi connectivity index (χ4n) is 1.75. The van der Waals surface area contributed by atoms with Gasteiger partial charge in [0.25, 0.3) is 0 Å². The van der Waals surface area contributed by atoms with Crippen LogP contribution in [0.15, 0.2) is 27.7 Å². The lowest BCUT2D eigenvalue weighted by atomic mass is 10.2. The maximum absolute atomic E-state index is 4.54. The van der Waals surface area contributed by atoms with Gasteiger partial charge in [-0.25, -0.2) is 0 Å². The van der Waals surface area contributed by atoms with Crippen LogP contribution in [0.2, 0.25) is 0 Å². The first-order chi connectivity index (χ1) is 8.19. The van der Waals surface area contributed by atoms with E-state index in [9.17, 15) is 0 Å². The SMILES string of the molecule is CCCC1CN=C(Nc2ccc(C)c(Br)c2)S1. The van der Waals surface area contributed by atoms with Gasteiger partial charge in [0.1, 0.15) is 0 Å². The summed E-state index contributed by atoms with van der Waals surface area (Å²) < 4.78 is 1.14. The first-order valence-corrected chi connectivity index (χ1v) is 7.60. The van der Waals surface area contributed by atoms with Crippen LogP contribution in [-0.4, -0.2) is 17.0 Å². The molecule has 1 aromatic rings. The van der Waals surface area contributed by atoms with E-state index >= 15 is 0 Å². The van der Waals surface area contributed by atoms with Crippen LogP contribution in [-0.2, 0) is 0 Å². The minimum atomic E-state index is 0.663. The Kier molecular flexibility index (Phi) is 4.51. The molecule has 1 atom stereocenters. The first-order valence-electron chi connectivity index (χ1n) is 5.93. The average molecular weight is 313 g/mol. The van der Waals surface area contributed by atoms with Crippen LogP contribution in [0.25, 0.3) is 0 Å². The summed E-state index contributed by atoms with van der Waals surface area (Å²) in [5, 5.41) is 5.10. The van der Waals surface area contributed by atoms with Crippen molar-refractivity contribution in [1.82, 2.24) is 0 Å². The molecule has 0 bridgehead atoms. The molecule has 0 saturated heterocycles. The third-order valence-electron chi connectivity index (χ3n) is 2.75. The number of hydrogen-bond donors (Lipinski definition) is 1. The van der Waals surface area contributed by atoms with E-state index in [1.807, 2.05) is 11.8 Å². The molecule has 0 saturated carbocycles. The van der Waals surface area contributed by atoms with Crippen molar-refractivity contribution < 1.29 is 0 Å². The Morgan fingerprint density at radius 3 is 3.06 bits per heavy atom. The highest BCUT2D eigenvalue weighted by atomic mass is 79.9. The van der Waals surface area contributed by atoms with Crippen LogP contribution in [0, 0.1) is 6.92 Å². The maximum Gasteiger partial charge on any atom is 0.161 e. The molecule has 0 spiro atoms. The van der Waals surface area contributed by atoms with Gasteiger partial charge >= 0.3 is 0 Å². The van der Waals surface area contributed by atoms with E-state index in [1.54, 1.807) is 0 Å². The smallest absolute Gasteiger partial charge is 0.161 e. The van der Waals surface area contributed by atoms with Crippen molar-refractivity contribution in [1.29, 1.82) is 0 Å². The zero-order valence-corrected chi connectivity index (χ0v) is 12.6. The second kappa shape index (κ2) is 5.91. The highest BCUT2D eigenvalue weighted by Gasteiger charge is 2.18. The van der Waals surface area contributed by atoms with Gasteiger partial charge < -0.3 is 5.32 Å². The minimum Gasteiger partial charge on any atom is -0.335 e. The Morgan fingerprint density at radius 1 is 1.53 bits per heavy atom. The third kappa shape index (κ3) is 3.49. The first kappa shape index (κ1) is 13.0. The van der Waals surface area contributed by atoms with Gasteiger partial charge in [-0.15, -0.1) is 0 Å². The van der Waals surface area contributed by atoms with E-state index in [-0.39, 0.29) is 0 Å². The average Bonchev–Trinajstić information content (AvgIpc) is 2.72. The van der Waals surface area contributed by atoms with Crippen LogP contribution in [0.5, 0.6) is 0 Å². The molecular weight excluding hydrogens is 296 g/mol. The Morgan fingerprint density at radius 2 is 2.35 bits per heavy atom. The van der Waals surface area contributed by atoms with Gasteiger partial charge in [0, 0.05) is 15.4 Å². The molecule has 1 unspecified atom stereocenters. The van der Waals surface area contributed by atoms with Crippen LogP contribution in [0.3, 0.4) is 0 Å². The summed E-state index contributed by atoms with van der Waals surface area (Å²) in [5.41, 5.74) is 2.35. The second-order valence-electron chi connectivity index (χ2n) is 4.26. The molecule has 2 nitrogen and oxygen atoms in total. The number of hydrogen-bond acceptors (Lipinski definition) is 3. The van der Waals surface area contributed by atoms with E-state index in [1.165, 1.54) is 18.4 Å². The molecule has 0 fully saturated rings. The zero-order valence-electron chi connectivity index (χ0n) is 10.2. The number of anilines is 1. The number of nitrogens with zero attached hydrogens (tertiary/aromatic N) is 1. The van der Waals surface area contributed by atoms with Crippen molar-refractivity contribution in [3.05, 3.63) is 28.2 Å². The number of rotatable bonds is 3. The van der Waals surface area contributed by atoms with E-state index in [4.69, 9.17) is 0 Å². The van der Waals surface area contributed by atoms with Gasteiger partial charge in [-0.1, -0.05) is 47.1 Å². The number of thioether (sulfide) groups is 1. The Hall–Kier alpha value is -0.480. The molecule has 0 radical (unpaired) electrons. The largest absolute Gasteiger partial charge is 0.335 e. The van der Waals surface area contributed by atoms with Gasteiger partial charge in [0.05, 0.1) is 6.54 Å². The second-order valence-corrected chi connectivity index (χ2v) is 6.41. The number of aliphatic imine (C=N–C) groups is 1. The molecular formula is C13H17BrN2S. The van der Waals surface area contributed by atoms with Gasteiger partial charge in [-0.2, -0.15) is 0 Å². The normalized spacial score (nSPS) is 19.2. The number of halogens is 1. The van der Waals surface area contributed by atoms with Crippen molar-refractivity contribution in [3.63, 3.8) is 0 Å². The number of amidine groups is 1. The van der Waals surface area contributed by atoms with Crippen LogP contribution in [0.4, 0.5) is 5.69 Å². The molecule has 92 valence electrons. The lowest BCUT2D eigenvalue weighted by Crippen LogP contribution is -2.07. The summed E-state index contributed by atoms with van der Waals surface area (Å²) in [6.07, 6.45) is 2.48. The number of aryl methyl sites for hydroxylation is 1. The van der Waals surface area contributed by atoms with Crippen molar-refractivity contribution in [3.8, 4) is 0 Å². The fourth-order valence-corrected chi connectivity index (χ4v) is 3.28. The summed E-state index contributed by atoms with van der Waals surface area (Å²) in [6, 6.07) is 6.30. The molecule has 2 rings (SSSR count). The molecule has 0 aromatic heterocycles. The molecule has 1 N–H and O–H groups in total. The molecule has 4 heteroatoms. The predicted molar refractivity (Wildman–Crippen MR) is 81.1 cm³/mol. The minimum absolute atomic E-state index is 0.663. The quantitative estimate of drug-likeness (QED) is 0.892. The summed E-state index contributed by atoms with van der Waals surface area (Å²) in [6.45, 7) is 5.27. The van der Waals surface area contributed by atoms with Crippen LogP contribution >= 0.6 is 27.7 Å². The summed E-state index contributed by atoms with van der Waals surface area (Å²) in [5.74, 6) is 0. The highest BCUT2D eigenvalue weighted by molar-refractivity contribution is 9.10. The van der Waals surface area contributed by atoms with E-state index in [0.29, 0.717) is 5.25 Å². The Labute approximate surface area is 115 Å². The standard InChI is InChI=1S/C13H17BrN2S/c1-3-4-11-8-15-13(17-11)16-10-6-5-9(2)12(14)7-10/h5-7,11H,3-4,8H2,1-2H3,(H,15,16). The molecule has 1 heterocycles. The number of benzene rings is 1. The van der Waals surface area contributed by atoms with E-state index in [0.717, 1.165) is 21.9 Å². The van der Waals surface area contributed by atoms with Gasteiger partial charge in [-0.05, 0) is 31.0 Å². The van der Waals surface area contributed by atoms with Crippen LogP contribution in [0.1, 0.15) is 25.3 Å². The molecule has 0 amide bonds.